The van der Waals surface area contributed by atoms with E-state index >= 15 is 0 Å². The van der Waals surface area contributed by atoms with E-state index in [-0.39, 0.29) is 11.7 Å². The summed E-state index contributed by atoms with van der Waals surface area (Å²) in [5.74, 6) is -0.104. The average molecular weight is 316 g/mol. The van der Waals surface area contributed by atoms with Gasteiger partial charge < -0.3 is 4.90 Å². The van der Waals surface area contributed by atoms with Gasteiger partial charge in [-0.3, -0.25) is 9.69 Å². The highest BCUT2D eigenvalue weighted by atomic mass is 19.1. The van der Waals surface area contributed by atoms with Crippen molar-refractivity contribution >= 4 is 5.91 Å². The van der Waals surface area contributed by atoms with Gasteiger partial charge in [-0.2, -0.15) is 5.10 Å². The second kappa shape index (κ2) is 6.91. The Bertz CT molecular complexity index is 667. The smallest absolute Gasteiger partial charge is 0.219 e. The number of hydrogen-bond acceptors (Lipinski definition) is 3. The molecule has 2 heterocycles. The number of rotatable bonds is 3. The first-order valence-corrected chi connectivity index (χ1v) is 7.90. The van der Waals surface area contributed by atoms with Gasteiger partial charge in [-0.1, -0.05) is 0 Å². The standard InChI is InChI=1S/C17H21FN4O/c1-14(23)21-9-2-8-20(11-12-21)13-16-7-10-22(19-16)17-5-3-15(18)4-6-17/h3-7,10H,2,8-9,11-13H2,1H3. The van der Waals surface area contributed by atoms with Crippen molar-refractivity contribution in [2.45, 2.75) is 19.9 Å². The van der Waals surface area contributed by atoms with E-state index in [2.05, 4.69) is 10.00 Å². The van der Waals surface area contributed by atoms with Crippen molar-refractivity contribution in [3.63, 3.8) is 0 Å². The highest BCUT2D eigenvalue weighted by Crippen LogP contribution is 2.11. The number of nitrogens with zero attached hydrogens (tertiary/aromatic N) is 4. The summed E-state index contributed by atoms with van der Waals surface area (Å²) in [6.45, 7) is 5.82. The third kappa shape index (κ3) is 3.96. The number of carbonyl (C=O) groups excluding carboxylic acids is 1. The molecule has 0 aliphatic carbocycles. The van der Waals surface area contributed by atoms with Gasteiger partial charge in [0.05, 0.1) is 11.4 Å². The van der Waals surface area contributed by atoms with Crippen LogP contribution in [0.1, 0.15) is 19.0 Å². The Morgan fingerprint density at radius 2 is 1.91 bits per heavy atom. The van der Waals surface area contributed by atoms with E-state index in [9.17, 15) is 9.18 Å². The lowest BCUT2D eigenvalue weighted by Gasteiger charge is -2.20. The van der Waals surface area contributed by atoms with Gasteiger partial charge in [0, 0.05) is 45.8 Å². The second-order valence-corrected chi connectivity index (χ2v) is 5.86. The molecule has 1 amide bonds. The second-order valence-electron chi connectivity index (χ2n) is 5.86. The Balaban J connectivity index is 1.62. The summed E-state index contributed by atoms with van der Waals surface area (Å²) in [6, 6.07) is 8.27. The average Bonchev–Trinajstić information content (AvgIpc) is 2.86. The lowest BCUT2D eigenvalue weighted by atomic mass is 10.3. The third-order valence-electron chi connectivity index (χ3n) is 4.15. The first-order chi connectivity index (χ1) is 11.1. The van der Waals surface area contributed by atoms with Crippen LogP contribution >= 0.6 is 0 Å². The van der Waals surface area contributed by atoms with Crippen molar-refractivity contribution in [3.05, 3.63) is 48.0 Å². The fourth-order valence-electron chi connectivity index (χ4n) is 2.86. The molecule has 1 aromatic heterocycles. The van der Waals surface area contributed by atoms with Gasteiger partial charge in [0.15, 0.2) is 0 Å². The van der Waals surface area contributed by atoms with Crippen molar-refractivity contribution in [1.29, 1.82) is 0 Å². The zero-order chi connectivity index (χ0) is 16.2. The van der Waals surface area contributed by atoms with Gasteiger partial charge in [0.1, 0.15) is 5.82 Å². The van der Waals surface area contributed by atoms with Crippen molar-refractivity contribution in [2.24, 2.45) is 0 Å². The molecule has 0 atom stereocenters. The monoisotopic (exact) mass is 316 g/mol. The number of carbonyl (C=O) groups is 1. The minimum absolute atomic E-state index is 0.146. The molecular formula is C17H21FN4O. The van der Waals surface area contributed by atoms with Crippen molar-refractivity contribution < 1.29 is 9.18 Å². The number of amides is 1. The molecule has 1 aromatic carbocycles. The molecule has 1 saturated heterocycles. The molecule has 5 nitrogen and oxygen atoms in total. The van der Waals surface area contributed by atoms with Crippen LogP contribution in [0.15, 0.2) is 36.5 Å². The highest BCUT2D eigenvalue weighted by molar-refractivity contribution is 5.73. The number of hydrogen-bond donors (Lipinski definition) is 0. The number of benzene rings is 1. The van der Waals surface area contributed by atoms with Crippen LogP contribution in [0, 0.1) is 5.82 Å². The van der Waals surface area contributed by atoms with E-state index < -0.39 is 0 Å². The molecule has 0 bridgehead atoms. The lowest BCUT2D eigenvalue weighted by molar-refractivity contribution is -0.128. The summed E-state index contributed by atoms with van der Waals surface area (Å²) < 4.78 is 14.7. The van der Waals surface area contributed by atoms with Crippen LogP contribution in [0.5, 0.6) is 0 Å². The predicted octanol–water partition coefficient (Wildman–Crippen LogP) is 2.07. The van der Waals surface area contributed by atoms with Crippen molar-refractivity contribution in [2.75, 3.05) is 26.2 Å². The predicted molar refractivity (Wildman–Crippen MR) is 85.7 cm³/mol. The summed E-state index contributed by atoms with van der Waals surface area (Å²) in [7, 11) is 0. The van der Waals surface area contributed by atoms with E-state index in [1.807, 2.05) is 17.2 Å². The van der Waals surface area contributed by atoms with E-state index in [0.29, 0.717) is 0 Å². The summed E-state index contributed by atoms with van der Waals surface area (Å²) in [5.41, 5.74) is 1.82. The van der Waals surface area contributed by atoms with E-state index in [1.165, 1.54) is 12.1 Å². The zero-order valence-electron chi connectivity index (χ0n) is 13.3. The Hall–Kier alpha value is -2.21. The van der Waals surface area contributed by atoms with Gasteiger partial charge in [0.2, 0.25) is 5.91 Å². The maximum Gasteiger partial charge on any atom is 0.219 e. The van der Waals surface area contributed by atoms with Crippen LogP contribution in [0.3, 0.4) is 0 Å². The first-order valence-electron chi connectivity index (χ1n) is 7.90. The molecule has 3 rings (SSSR count). The number of halogens is 1. The maximum atomic E-state index is 13.0. The maximum absolute atomic E-state index is 13.0. The van der Waals surface area contributed by atoms with Crippen LogP contribution in [0.2, 0.25) is 0 Å². The molecule has 0 N–H and O–H groups in total. The quantitative estimate of drug-likeness (QED) is 0.870. The first kappa shape index (κ1) is 15.7. The van der Waals surface area contributed by atoms with Gasteiger partial charge in [-0.05, 0) is 36.8 Å². The third-order valence-corrected chi connectivity index (χ3v) is 4.15. The van der Waals surface area contributed by atoms with E-state index in [0.717, 1.165) is 50.5 Å². The van der Waals surface area contributed by atoms with Crippen LogP contribution < -0.4 is 0 Å². The molecule has 1 aliphatic rings. The Kier molecular flexibility index (Phi) is 4.71. The Labute approximate surface area is 135 Å². The molecule has 0 radical (unpaired) electrons. The molecule has 6 heteroatoms. The lowest BCUT2D eigenvalue weighted by Crippen LogP contribution is -2.33. The SMILES string of the molecule is CC(=O)N1CCCN(Cc2ccn(-c3ccc(F)cc3)n2)CC1. The van der Waals surface area contributed by atoms with E-state index in [1.54, 1.807) is 23.7 Å². The molecular weight excluding hydrogens is 295 g/mol. The molecule has 0 spiro atoms. The van der Waals surface area contributed by atoms with Gasteiger partial charge in [-0.25, -0.2) is 9.07 Å². The Morgan fingerprint density at radius 3 is 2.65 bits per heavy atom. The normalized spacial score (nSPS) is 16.3. The topological polar surface area (TPSA) is 41.4 Å². The molecule has 23 heavy (non-hydrogen) atoms. The summed E-state index contributed by atoms with van der Waals surface area (Å²) in [6.07, 6.45) is 2.88. The number of aromatic nitrogens is 2. The summed E-state index contributed by atoms with van der Waals surface area (Å²) in [5, 5.41) is 4.56. The fourth-order valence-corrected chi connectivity index (χ4v) is 2.86. The van der Waals surface area contributed by atoms with Crippen LogP contribution in [0.4, 0.5) is 4.39 Å². The minimum atomic E-state index is -0.249. The zero-order valence-corrected chi connectivity index (χ0v) is 13.3. The molecule has 0 saturated carbocycles. The minimum Gasteiger partial charge on any atom is -0.342 e. The molecule has 1 fully saturated rings. The van der Waals surface area contributed by atoms with Gasteiger partial charge in [0.25, 0.3) is 0 Å². The fraction of sp³-hybridized carbons (Fsp3) is 0.412. The summed E-state index contributed by atoms with van der Waals surface area (Å²) >= 11 is 0. The van der Waals surface area contributed by atoms with Crippen LogP contribution in [-0.2, 0) is 11.3 Å². The van der Waals surface area contributed by atoms with Crippen molar-refractivity contribution in [1.82, 2.24) is 19.6 Å². The summed E-state index contributed by atoms with van der Waals surface area (Å²) in [4.78, 5) is 15.7. The largest absolute Gasteiger partial charge is 0.342 e. The van der Waals surface area contributed by atoms with Gasteiger partial charge >= 0.3 is 0 Å². The molecule has 1 aliphatic heterocycles. The van der Waals surface area contributed by atoms with E-state index in [4.69, 9.17) is 0 Å². The van der Waals surface area contributed by atoms with Gasteiger partial charge in [-0.15, -0.1) is 0 Å². The molecule has 0 unspecified atom stereocenters. The Morgan fingerprint density at radius 1 is 1.13 bits per heavy atom. The molecule has 2 aromatic rings. The highest BCUT2D eigenvalue weighted by Gasteiger charge is 2.17. The van der Waals surface area contributed by atoms with Crippen LogP contribution in [0.25, 0.3) is 5.69 Å². The van der Waals surface area contributed by atoms with Crippen LogP contribution in [-0.4, -0.2) is 51.7 Å². The molecule has 122 valence electrons. The van der Waals surface area contributed by atoms with Crippen molar-refractivity contribution in [3.8, 4) is 5.69 Å².